The number of carbonyl (C=O) groups is 4. The molecule has 0 bridgehead atoms. The first-order chi connectivity index (χ1) is 10.7. The smallest absolute Gasteiger partial charge is 0.305 e. The van der Waals surface area contributed by atoms with E-state index >= 15 is 0 Å². The van der Waals surface area contributed by atoms with Crippen LogP contribution in [0.1, 0.15) is 34.1 Å². The summed E-state index contributed by atoms with van der Waals surface area (Å²) in [6, 6.07) is -0.853. The molecular formula is C14H21NO8. The number of hydrogen-bond donors (Lipinski definition) is 1. The first kappa shape index (κ1) is 18.9. The zero-order valence-corrected chi connectivity index (χ0v) is 13.5. The fourth-order valence-corrected chi connectivity index (χ4v) is 2.22. The molecule has 0 aliphatic carbocycles. The number of ether oxygens (including phenoxy) is 4. The molecule has 130 valence electrons. The van der Waals surface area contributed by atoms with Crippen molar-refractivity contribution in [1.82, 2.24) is 5.32 Å². The highest BCUT2D eigenvalue weighted by molar-refractivity contribution is 5.73. The number of amides is 1. The van der Waals surface area contributed by atoms with Gasteiger partial charge in [0, 0.05) is 34.1 Å². The molecule has 4 atom stereocenters. The van der Waals surface area contributed by atoms with Crippen molar-refractivity contribution in [3.63, 3.8) is 0 Å². The van der Waals surface area contributed by atoms with Gasteiger partial charge in [0.1, 0.15) is 18.8 Å². The minimum absolute atomic E-state index is 0.0857. The molecule has 0 aromatic heterocycles. The fraction of sp³-hybridized carbons (Fsp3) is 0.714. The van der Waals surface area contributed by atoms with Crippen LogP contribution in [-0.4, -0.2) is 55.0 Å². The van der Waals surface area contributed by atoms with E-state index in [1.54, 1.807) is 0 Å². The predicted molar refractivity (Wildman–Crippen MR) is 74.8 cm³/mol. The van der Waals surface area contributed by atoms with Crippen molar-refractivity contribution in [2.45, 2.75) is 58.7 Å². The average Bonchev–Trinajstić information content (AvgIpc) is 2.38. The monoisotopic (exact) mass is 331 g/mol. The van der Waals surface area contributed by atoms with Crippen molar-refractivity contribution in [2.24, 2.45) is 0 Å². The quantitative estimate of drug-likeness (QED) is 0.537. The minimum atomic E-state index is -1.16. The lowest BCUT2D eigenvalue weighted by Crippen LogP contribution is -2.59. The molecule has 1 heterocycles. The molecule has 1 saturated heterocycles. The van der Waals surface area contributed by atoms with E-state index < -0.39 is 48.4 Å². The predicted octanol–water partition coefficient (Wildman–Crippen LogP) is -0.336. The molecule has 0 aromatic rings. The van der Waals surface area contributed by atoms with Gasteiger partial charge in [0.2, 0.25) is 12.2 Å². The first-order valence-corrected chi connectivity index (χ1v) is 7.09. The van der Waals surface area contributed by atoms with Crippen molar-refractivity contribution in [1.29, 1.82) is 0 Å². The second-order valence-corrected chi connectivity index (χ2v) is 5.15. The largest absolute Gasteiger partial charge is 0.463 e. The normalized spacial score (nSPS) is 26.8. The van der Waals surface area contributed by atoms with Gasteiger partial charge in [0.05, 0.1) is 6.10 Å². The highest BCUT2D eigenvalue weighted by Gasteiger charge is 2.43. The average molecular weight is 331 g/mol. The molecule has 23 heavy (non-hydrogen) atoms. The van der Waals surface area contributed by atoms with E-state index in [2.05, 4.69) is 5.32 Å². The number of hydrogen-bond acceptors (Lipinski definition) is 8. The number of esters is 3. The number of rotatable bonds is 5. The lowest BCUT2D eigenvalue weighted by atomic mass is 9.99. The Hall–Kier alpha value is -2.16. The van der Waals surface area contributed by atoms with E-state index in [0.29, 0.717) is 0 Å². The Morgan fingerprint density at radius 3 is 2.09 bits per heavy atom. The van der Waals surface area contributed by atoms with Crippen molar-refractivity contribution in [3.05, 3.63) is 0 Å². The molecule has 1 rings (SSSR count). The van der Waals surface area contributed by atoms with E-state index in [-0.39, 0.29) is 13.0 Å². The summed E-state index contributed by atoms with van der Waals surface area (Å²) in [5.41, 5.74) is 0. The van der Waals surface area contributed by atoms with Gasteiger partial charge >= 0.3 is 17.9 Å². The number of nitrogens with one attached hydrogen (secondary N) is 1. The van der Waals surface area contributed by atoms with Crippen LogP contribution in [0.2, 0.25) is 0 Å². The van der Waals surface area contributed by atoms with Gasteiger partial charge in [-0.25, -0.2) is 0 Å². The Morgan fingerprint density at radius 2 is 1.61 bits per heavy atom. The van der Waals surface area contributed by atoms with Crippen LogP contribution in [-0.2, 0) is 38.1 Å². The molecule has 9 heteroatoms. The maximum absolute atomic E-state index is 11.4. The lowest BCUT2D eigenvalue weighted by Gasteiger charge is -2.40. The van der Waals surface area contributed by atoms with Gasteiger partial charge in [-0.2, -0.15) is 0 Å². The molecule has 0 aromatic carbocycles. The fourth-order valence-electron chi connectivity index (χ4n) is 2.22. The molecule has 1 fully saturated rings. The van der Waals surface area contributed by atoms with Crippen LogP contribution in [0.4, 0.5) is 0 Å². The second kappa shape index (κ2) is 8.47. The van der Waals surface area contributed by atoms with Crippen molar-refractivity contribution < 1.29 is 38.1 Å². The zero-order chi connectivity index (χ0) is 17.6. The Bertz CT molecular complexity index is 451. The lowest BCUT2D eigenvalue weighted by molar-refractivity contribution is -0.237. The molecule has 0 radical (unpaired) electrons. The summed E-state index contributed by atoms with van der Waals surface area (Å²) >= 11 is 0. The van der Waals surface area contributed by atoms with Crippen LogP contribution in [0.5, 0.6) is 0 Å². The van der Waals surface area contributed by atoms with Gasteiger partial charge in [-0.15, -0.1) is 0 Å². The maximum atomic E-state index is 11.4. The van der Waals surface area contributed by atoms with E-state index in [1.807, 2.05) is 0 Å². The molecular weight excluding hydrogens is 310 g/mol. The molecule has 9 nitrogen and oxygen atoms in total. The van der Waals surface area contributed by atoms with Crippen molar-refractivity contribution >= 4 is 23.8 Å². The summed E-state index contributed by atoms with van der Waals surface area (Å²) in [6.07, 6.45) is -2.40. The van der Waals surface area contributed by atoms with E-state index in [1.165, 1.54) is 27.7 Å². The zero-order valence-electron chi connectivity index (χ0n) is 13.5. The molecule has 1 N–H and O–H groups in total. The maximum Gasteiger partial charge on any atom is 0.305 e. The summed E-state index contributed by atoms with van der Waals surface area (Å²) in [4.78, 5) is 44.8. The van der Waals surface area contributed by atoms with Gasteiger partial charge in [0.25, 0.3) is 0 Å². The SMILES string of the molecule is CC(=O)NC1C(OC(C)=O)CC(COC(C)=O)OC1OC(C)=O. The third kappa shape index (κ3) is 6.64. The summed E-state index contributed by atoms with van der Waals surface area (Å²) in [5.74, 6) is -2.07. The topological polar surface area (TPSA) is 117 Å². The number of carbonyl (C=O) groups excluding carboxylic acids is 4. The Morgan fingerprint density at radius 1 is 1.00 bits per heavy atom. The highest BCUT2D eigenvalue weighted by Crippen LogP contribution is 2.24. The molecule has 1 amide bonds. The van der Waals surface area contributed by atoms with Crippen molar-refractivity contribution in [3.8, 4) is 0 Å². The van der Waals surface area contributed by atoms with Gasteiger partial charge in [-0.3, -0.25) is 19.2 Å². The molecule has 0 saturated carbocycles. The standard InChI is InChI=1S/C14H21NO8/c1-7(16)15-13-12(21-9(3)18)5-11(6-20-8(2)17)23-14(13)22-10(4)19/h11-14H,5-6H2,1-4H3,(H,15,16). The van der Waals surface area contributed by atoms with Crippen LogP contribution in [0, 0.1) is 0 Å². The first-order valence-electron chi connectivity index (χ1n) is 7.09. The van der Waals surface area contributed by atoms with Gasteiger partial charge in [0.15, 0.2) is 0 Å². The van der Waals surface area contributed by atoms with Gasteiger partial charge in [-0.1, -0.05) is 0 Å². The van der Waals surface area contributed by atoms with Crippen LogP contribution < -0.4 is 5.32 Å². The van der Waals surface area contributed by atoms with Gasteiger partial charge < -0.3 is 24.3 Å². The summed E-state index contributed by atoms with van der Waals surface area (Å²) < 4.78 is 20.7. The minimum Gasteiger partial charge on any atom is -0.463 e. The van der Waals surface area contributed by atoms with Crippen molar-refractivity contribution in [2.75, 3.05) is 6.61 Å². The van der Waals surface area contributed by atoms with E-state index in [9.17, 15) is 19.2 Å². The Labute approximate surface area is 133 Å². The molecule has 0 spiro atoms. The summed E-state index contributed by atoms with van der Waals surface area (Å²) in [6.45, 7) is 4.85. The third-order valence-electron chi connectivity index (χ3n) is 2.96. The summed E-state index contributed by atoms with van der Waals surface area (Å²) in [7, 11) is 0. The summed E-state index contributed by atoms with van der Waals surface area (Å²) in [5, 5.41) is 2.55. The van der Waals surface area contributed by atoms with E-state index in [4.69, 9.17) is 18.9 Å². The molecule has 1 aliphatic heterocycles. The van der Waals surface area contributed by atoms with Crippen LogP contribution in [0.25, 0.3) is 0 Å². The van der Waals surface area contributed by atoms with E-state index in [0.717, 1.165) is 0 Å². The Balaban J connectivity index is 2.92. The highest BCUT2D eigenvalue weighted by atomic mass is 16.7. The Kier molecular flexibility index (Phi) is 6.95. The molecule has 4 unspecified atom stereocenters. The van der Waals surface area contributed by atoms with Crippen LogP contribution in [0.15, 0.2) is 0 Å². The second-order valence-electron chi connectivity index (χ2n) is 5.15. The molecule has 1 aliphatic rings. The van der Waals surface area contributed by atoms with Crippen LogP contribution in [0.3, 0.4) is 0 Å². The van der Waals surface area contributed by atoms with Gasteiger partial charge in [-0.05, 0) is 0 Å². The van der Waals surface area contributed by atoms with Crippen LogP contribution >= 0.6 is 0 Å². The third-order valence-corrected chi connectivity index (χ3v) is 2.96.